The second-order valence-electron chi connectivity index (χ2n) is 0.587. The smallest absolute Gasteiger partial charge is 0.257 e. The van der Waals surface area contributed by atoms with E-state index in [1.54, 1.807) is 0 Å². The predicted octanol–water partition coefficient (Wildman–Crippen LogP) is 0.511. The normalized spacial score (nSPS) is 5.80. The van der Waals surface area contributed by atoms with Crippen molar-refractivity contribution in [3.8, 4) is 0 Å². The lowest BCUT2D eigenvalue weighted by Gasteiger charge is -1.49. The average molecular weight is 69.1 g/mol. The van der Waals surface area contributed by atoms with Crippen LogP contribution in [0.15, 0.2) is 0 Å². The molecule has 0 N–H and O–H groups in total. The Bertz CT molecular complexity index is 51.9. The van der Waals surface area contributed by atoms with Crippen LogP contribution >= 0.6 is 0 Å². The Morgan fingerprint density at radius 1 is 2.00 bits per heavy atom. The van der Waals surface area contributed by atoms with Crippen LogP contribution in [0.3, 0.4) is 0 Å². The molecule has 2 nitrogen and oxygen atoms in total. The third-order valence-electron chi connectivity index (χ3n) is 0.211. The summed E-state index contributed by atoms with van der Waals surface area (Å²) in [6.07, 6.45) is 1.87. The van der Waals surface area contributed by atoms with Crippen LogP contribution < -0.4 is 0 Å². The molecule has 0 amide bonds. The fraction of sp³-hybridized carbons (Fsp3) is 0.333. The molecule has 27 valence electrons. The SMILES string of the molecule is [CH2]CC=[N+]=[N-]. The van der Waals surface area contributed by atoms with E-state index in [9.17, 15) is 0 Å². The van der Waals surface area contributed by atoms with Gasteiger partial charge in [0, 0.05) is 6.42 Å². The number of hydrogen-bond acceptors (Lipinski definition) is 0. The van der Waals surface area contributed by atoms with Crippen LogP contribution in [0.4, 0.5) is 0 Å². The van der Waals surface area contributed by atoms with E-state index in [0.29, 0.717) is 6.42 Å². The van der Waals surface area contributed by atoms with E-state index in [2.05, 4.69) is 11.7 Å². The van der Waals surface area contributed by atoms with Crippen LogP contribution in [-0.4, -0.2) is 11.0 Å². The summed E-state index contributed by atoms with van der Waals surface area (Å²) in [5.74, 6) is 0. The molecule has 0 saturated carbocycles. The lowest BCUT2D eigenvalue weighted by Crippen LogP contribution is -1.62. The Hall–Kier alpha value is -0.620. The van der Waals surface area contributed by atoms with Crippen molar-refractivity contribution >= 4 is 6.21 Å². The standard InChI is InChI=1S/C3H5N2/c1-2-3-5-4/h3H,1-2H2. The van der Waals surface area contributed by atoms with Crippen molar-refractivity contribution in [2.24, 2.45) is 0 Å². The Morgan fingerprint density at radius 2 is 2.60 bits per heavy atom. The Labute approximate surface area is 31.1 Å². The van der Waals surface area contributed by atoms with Crippen LogP contribution in [0.25, 0.3) is 5.53 Å². The second-order valence-corrected chi connectivity index (χ2v) is 0.587. The lowest BCUT2D eigenvalue weighted by atomic mass is 10.6. The molecule has 0 bridgehead atoms. The monoisotopic (exact) mass is 69.0 g/mol. The molecule has 0 aliphatic rings. The summed E-state index contributed by atoms with van der Waals surface area (Å²) in [5.41, 5.74) is 7.60. The highest BCUT2D eigenvalue weighted by molar-refractivity contribution is 5.50. The summed E-state index contributed by atoms with van der Waals surface area (Å²) >= 11 is 0. The van der Waals surface area contributed by atoms with E-state index in [1.165, 1.54) is 6.21 Å². The van der Waals surface area contributed by atoms with Gasteiger partial charge in [-0.2, -0.15) is 4.79 Å². The summed E-state index contributed by atoms with van der Waals surface area (Å²) in [5, 5.41) is 0. The van der Waals surface area contributed by atoms with Crippen molar-refractivity contribution in [3.05, 3.63) is 12.5 Å². The average Bonchev–Trinajstić information content (AvgIpc) is 1.41. The molecular formula is C3H5N2. The van der Waals surface area contributed by atoms with Crippen LogP contribution in [0.2, 0.25) is 0 Å². The van der Waals surface area contributed by atoms with Gasteiger partial charge in [0.05, 0.1) is 0 Å². The van der Waals surface area contributed by atoms with Gasteiger partial charge in [-0.15, -0.1) is 0 Å². The quantitative estimate of drug-likeness (QED) is 0.244. The van der Waals surface area contributed by atoms with Crippen molar-refractivity contribution in [2.45, 2.75) is 6.42 Å². The van der Waals surface area contributed by atoms with Crippen LogP contribution in [0.5, 0.6) is 0 Å². The van der Waals surface area contributed by atoms with Crippen molar-refractivity contribution < 1.29 is 4.79 Å². The van der Waals surface area contributed by atoms with Crippen molar-refractivity contribution in [2.75, 3.05) is 0 Å². The first-order chi connectivity index (χ1) is 2.41. The van der Waals surface area contributed by atoms with Gasteiger partial charge in [-0.25, -0.2) is 0 Å². The lowest BCUT2D eigenvalue weighted by molar-refractivity contribution is 0.00171. The van der Waals surface area contributed by atoms with Gasteiger partial charge in [-0.05, 0) is 6.92 Å². The molecule has 0 fully saturated rings. The molecule has 0 aliphatic carbocycles. The molecule has 0 atom stereocenters. The number of hydrogen-bond donors (Lipinski definition) is 0. The molecule has 0 aliphatic heterocycles. The third-order valence-corrected chi connectivity index (χ3v) is 0.211. The zero-order valence-electron chi connectivity index (χ0n) is 2.89. The summed E-state index contributed by atoms with van der Waals surface area (Å²) in [4.78, 5) is 2.67. The van der Waals surface area contributed by atoms with E-state index in [0.717, 1.165) is 0 Å². The molecule has 5 heavy (non-hydrogen) atoms. The molecule has 0 heterocycles. The predicted molar refractivity (Wildman–Crippen MR) is 19.7 cm³/mol. The van der Waals surface area contributed by atoms with Gasteiger partial charge in [0.25, 0.3) is 6.21 Å². The maximum atomic E-state index is 7.60. The van der Waals surface area contributed by atoms with E-state index in [1.807, 2.05) is 0 Å². The van der Waals surface area contributed by atoms with Gasteiger partial charge in [-0.1, -0.05) is 0 Å². The van der Waals surface area contributed by atoms with Gasteiger partial charge in [0.2, 0.25) is 0 Å². The van der Waals surface area contributed by atoms with E-state index in [-0.39, 0.29) is 0 Å². The molecule has 0 saturated heterocycles. The molecule has 0 aromatic rings. The molecular weight excluding hydrogens is 64.0 g/mol. The molecule has 2 heteroatoms. The highest BCUT2D eigenvalue weighted by Crippen LogP contribution is 1.52. The zero-order valence-corrected chi connectivity index (χ0v) is 2.89. The zero-order chi connectivity index (χ0) is 4.12. The fourth-order valence-corrected chi connectivity index (χ4v) is 0.0577. The van der Waals surface area contributed by atoms with Crippen LogP contribution in [0.1, 0.15) is 6.42 Å². The third kappa shape index (κ3) is 3.38. The van der Waals surface area contributed by atoms with E-state index >= 15 is 0 Å². The maximum absolute atomic E-state index is 7.60. The number of rotatable bonds is 1. The summed E-state index contributed by atoms with van der Waals surface area (Å²) in [6.45, 7) is 3.37. The van der Waals surface area contributed by atoms with Gasteiger partial charge >= 0.3 is 0 Å². The summed E-state index contributed by atoms with van der Waals surface area (Å²) in [6, 6.07) is 0. The second kappa shape index (κ2) is 3.38. The van der Waals surface area contributed by atoms with Crippen molar-refractivity contribution in [1.29, 1.82) is 0 Å². The van der Waals surface area contributed by atoms with Gasteiger partial charge in [-0.3, -0.25) is 0 Å². The highest BCUT2D eigenvalue weighted by Gasteiger charge is 1.62. The van der Waals surface area contributed by atoms with Crippen molar-refractivity contribution in [3.63, 3.8) is 0 Å². The van der Waals surface area contributed by atoms with Crippen molar-refractivity contribution in [1.82, 2.24) is 0 Å². The molecule has 0 rings (SSSR count). The minimum Gasteiger partial charge on any atom is -0.362 e. The van der Waals surface area contributed by atoms with E-state index in [4.69, 9.17) is 5.53 Å². The highest BCUT2D eigenvalue weighted by atomic mass is 14.8. The Morgan fingerprint density at radius 3 is 2.60 bits per heavy atom. The minimum atomic E-state index is 0.552. The molecule has 0 spiro atoms. The summed E-state index contributed by atoms with van der Waals surface area (Å²) in [7, 11) is 0. The molecule has 1 radical (unpaired) electrons. The molecule has 0 aromatic carbocycles. The Balaban J connectivity index is 2.93. The Kier molecular flexibility index (Phi) is 2.96. The van der Waals surface area contributed by atoms with Gasteiger partial charge < -0.3 is 5.53 Å². The minimum absolute atomic E-state index is 0.552. The first-order valence-electron chi connectivity index (χ1n) is 1.37. The topological polar surface area (TPSA) is 36.4 Å². The number of nitrogens with zero attached hydrogens (tertiary/aromatic N) is 2. The molecule has 0 unspecified atom stereocenters. The fourth-order valence-electron chi connectivity index (χ4n) is 0.0577. The molecule has 0 aromatic heterocycles. The largest absolute Gasteiger partial charge is 0.362 e. The van der Waals surface area contributed by atoms with Crippen LogP contribution in [-0.2, 0) is 0 Å². The van der Waals surface area contributed by atoms with Crippen LogP contribution in [0, 0.1) is 6.92 Å². The van der Waals surface area contributed by atoms with Gasteiger partial charge in [0.15, 0.2) is 0 Å². The van der Waals surface area contributed by atoms with Gasteiger partial charge in [0.1, 0.15) is 0 Å². The first kappa shape index (κ1) is 4.38. The first-order valence-corrected chi connectivity index (χ1v) is 1.37. The summed E-state index contributed by atoms with van der Waals surface area (Å²) < 4.78 is 0. The van der Waals surface area contributed by atoms with E-state index < -0.39 is 0 Å². The maximum Gasteiger partial charge on any atom is 0.257 e.